The SMILES string of the molecule is CCNC(c1ccc(OC(C)C)cc1)c1cc(C)ccn1. The average Bonchev–Trinajstić information content (AvgIpc) is 2.45. The van der Waals surface area contributed by atoms with Crippen LogP contribution in [0.15, 0.2) is 42.6 Å². The maximum absolute atomic E-state index is 5.70. The molecule has 0 fully saturated rings. The van der Waals surface area contributed by atoms with Crippen LogP contribution in [0.2, 0.25) is 0 Å². The summed E-state index contributed by atoms with van der Waals surface area (Å²) in [6.07, 6.45) is 2.06. The van der Waals surface area contributed by atoms with Crippen molar-refractivity contribution in [2.75, 3.05) is 6.54 Å². The van der Waals surface area contributed by atoms with Gasteiger partial charge in [-0.1, -0.05) is 19.1 Å². The van der Waals surface area contributed by atoms with E-state index in [1.807, 2.05) is 38.2 Å². The zero-order valence-corrected chi connectivity index (χ0v) is 13.3. The van der Waals surface area contributed by atoms with E-state index in [4.69, 9.17) is 4.74 Å². The summed E-state index contributed by atoms with van der Waals surface area (Å²) < 4.78 is 5.70. The number of nitrogens with one attached hydrogen (secondary N) is 1. The number of nitrogens with zero attached hydrogens (tertiary/aromatic N) is 1. The lowest BCUT2D eigenvalue weighted by Gasteiger charge is -2.19. The number of hydrogen-bond donors (Lipinski definition) is 1. The highest BCUT2D eigenvalue weighted by Crippen LogP contribution is 2.23. The van der Waals surface area contributed by atoms with E-state index in [9.17, 15) is 0 Å². The van der Waals surface area contributed by atoms with Gasteiger partial charge in [0.2, 0.25) is 0 Å². The van der Waals surface area contributed by atoms with Crippen LogP contribution in [0.4, 0.5) is 0 Å². The Morgan fingerprint density at radius 3 is 2.43 bits per heavy atom. The van der Waals surface area contributed by atoms with Crippen molar-refractivity contribution >= 4 is 0 Å². The van der Waals surface area contributed by atoms with E-state index in [1.54, 1.807) is 0 Å². The number of ether oxygens (including phenoxy) is 1. The van der Waals surface area contributed by atoms with Gasteiger partial charge < -0.3 is 10.1 Å². The van der Waals surface area contributed by atoms with Gasteiger partial charge in [-0.05, 0) is 62.7 Å². The topological polar surface area (TPSA) is 34.1 Å². The molecule has 0 aliphatic heterocycles. The molecule has 112 valence electrons. The van der Waals surface area contributed by atoms with Gasteiger partial charge >= 0.3 is 0 Å². The minimum Gasteiger partial charge on any atom is -0.491 e. The van der Waals surface area contributed by atoms with Crippen molar-refractivity contribution in [3.8, 4) is 5.75 Å². The first-order valence-electron chi connectivity index (χ1n) is 7.52. The summed E-state index contributed by atoms with van der Waals surface area (Å²) in [6.45, 7) is 9.16. The van der Waals surface area contributed by atoms with Crippen LogP contribution in [0.3, 0.4) is 0 Å². The maximum atomic E-state index is 5.70. The summed E-state index contributed by atoms with van der Waals surface area (Å²) in [5.41, 5.74) is 3.48. The molecule has 0 amide bonds. The van der Waals surface area contributed by atoms with Crippen molar-refractivity contribution in [1.82, 2.24) is 10.3 Å². The van der Waals surface area contributed by atoms with Gasteiger partial charge in [0.05, 0.1) is 17.8 Å². The molecule has 1 aromatic carbocycles. The average molecular weight is 284 g/mol. The van der Waals surface area contributed by atoms with Crippen LogP contribution in [0.5, 0.6) is 5.75 Å². The summed E-state index contributed by atoms with van der Waals surface area (Å²) in [5.74, 6) is 0.904. The maximum Gasteiger partial charge on any atom is 0.119 e. The van der Waals surface area contributed by atoms with Crippen molar-refractivity contribution in [1.29, 1.82) is 0 Å². The molecule has 2 aromatic rings. The van der Waals surface area contributed by atoms with E-state index in [-0.39, 0.29) is 12.1 Å². The van der Waals surface area contributed by atoms with Gasteiger partial charge in [0.25, 0.3) is 0 Å². The van der Waals surface area contributed by atoms with Crippen LogP contribution < -0.4 is 10.1 Å². The van der Waals surface area contributed by atoms with Crippen molar-refractivity contribution < 1.29 is 4.74 Å². The van der Waals surface area contributed by atoms with Gasteiger partial charge in [0.1, 0.15) is 5.75 Å². The summed E-state index contributed by atoms with van der Waals surface area (Å²) in [7, 11) is 0. The fourth-order valence-electron chi connectivity index (χ4n) is 2.33. The van der Waals surface area contributed by atoms with Crippen LogP contribution in [0.25, 0.3) is 0 Å². The van der Waals surface area contributed by atoms with Crippen molar-refractivity contribution in [2.24, 2.45) is 0 Å². The molecule has 0 aliphatic carbocycles. The quantitative estimate of drug-likeness (QED) is 0.874. The van der Waals surface area contributed by atoms with Crippen molar-refractivity contribution in [2.45, 2.75) is 39.8 Å². The first-order chi connectivity index (χ1) is 10.1. The van der Waals surface area contributed by atoms with Crippen LogP contribution in [-0.4, -0.2) is 17.6 Å². The Kier molecular flexibility index (Phi) is 5.34. The molecule has 0 bridgehead atoms. The molecule has 1 unspecified atom stereocenters. The monoisotopic (exact) mass is 284 g/mol. The van der Waals surface area contributed by atoms with Crippen LogP contribution in [0, 0.1) is 6.92 Å². The number of hydrogen-bond acceptors (Lipinski definition) is 3. The Morgan fingerprint density at radius 2 is 1.86 bits per heavy atom. The first kappa shape index (κ1) is 15.5. The summed E-state index contributed by atoms with van der Waals surface area (Å²) in [6, 6.07) is 12.5. The molecule has 1 heterocycles. The fourth-order valence-corrected chi connectivity index (χ4v) is 2.33. The lowest BCUT2D eigenvalue weighted by Crippen LogP contribution is -2.23. The molecule has 0 spiro atoms. The molecule has 3 heteroatoms. The molecule has 0 saturated heterocycles. The molecular formula is C18H24N2O. The zero-order chi connectivity index (χ0) is 15.2. The number of pyridine rings is 1. The molecule has 2 rings (SSSR count). The second-order valence-corrected chi connectivity index (χ2v) is 5.48. The van der Waals surface area contributed by atoms with Gasteiger partial charge in [-0.25, -0.2) is 0 Å². The number of aromatic nitrogens is 1. The number of rotatable bonds is 6. The molecular weight excluding hydrogens is 260 g/mol. The largest absolute Gasteiger partial charge is 0.491 e. The van der Waals surface area contributed by atoms with E-state index in [0.717, 1.165) is 18.0 Å². The van der Waals surface area contributed by atoms with Gasteiger partial charge in [-0.15, -0.1) is 0 Å². The molecule has 0 saturated carbocycles. The Morgan fingerprint density at radius 1 is 1.14 bits per heavy atom. The van der Waals surface area contributed by atoms with E-state index in [0.29, 0.717) is 0 Å². The van der Waals surface area contributed by atoms with Crippen molar-refractivity contribution in [3.05, 3.63) is 59.4 Å². The third kappa shape index (κ3) is 4.30. The summed E-state index contributed by atoms with van der Waals surface area (Å²) in [5, 5.41) is 3.50. The highest BCUT2D eigenvalue weighted by Gasteiger charge is 2.14. The van der Waals surface area contributed by atoms with E-state index < -0.39 is 0 Å². The highest BCUT2D eigenvalue weighted by molar-refractivity contribution is 5.34. The predicted molar refractivity (Wildman–Crippen MR) is 86.7 cm³/mol. The molecule has 1 aromatic heterocycles. The molecule has 0 aliphatic rings. The van der Waals surface area contributed by atoms with Gasteiger partial charge in [0, 0.05) is 6.20 Å². The van der Waals surface area contributed by atoms with Crippen LogP contribution in [0.1, 0.15) is 43.6 Å². The van der Waals surface area contributed by atoms with E-state index in [2.05, 4.69) is 42.3 Å². The van der Waals surface area contributed by atoms with E-state index in [1.165, 1.54) is 11.1 Å². The van der Waals surface area contributed by atoms with Crippen LogP contribution >= 0.6 is 0 Å². The molecule has 1 N–H and O–H groups in total. The van der Waals surface area contributed by atoms with Gasteiger partial charge in [0.15, 0.2) is 0 Å². The Bertz CT molecular complexity index is 564. The molecule has 21 heavy (non-hydrogen) atoms. The third-order valence-electron chi connectivity index (χ3n) is 3.23. The fraction of sp³-hybridized carbons (Fsp3) is 0.389. The Labute approximate surface area is 127 Å². The normalized spacial score (nSPS) is 12.4. The Hall–Kier alpha value is -1.87. The smallest absolute Gasteiger partial charge is 0.119 e. The first-order valence-corrected chi connectivity index (χ1v) is 7.52. The second kappa shape index (κ2) is 7.23. The second-order valence-electron chi connectivity index (χ2n) is 5.48. The van der Waals surface area contributed by atoms with Crippen molar-refractivity contribution in [3.63, 3.8) is 0 Å². The molecule has 0 radical (unpaired) electrons. The Balaban J connectivity index is 2.26. The number of benzene rings is 1. The van der Waals surface area contributed by atoms with Crippen LogP contribution in [-0.2, 0) is 0 Å². The predicted octanol–water partition coefficient (Wildman–Crippen LogP) is 3.88. The number of aryl methyl sites for hydroxylation is 1. The standard InChI is InChI=1S/C18H24N2O/c1-5-19-18(17-12-14(4)10-11-20-17)15-6-8-16(9-7-15)21-13(2)3/h6-13,18-19H,5H2,1-4H3. The lowest BCUT2D eigenvalue weighted by atomic mass is 10.0. The minimum atomic E-state index is 0.114. The highest BCUT2D eigenvalue weighted by atomic mass is 16.5. The lowest BCUT2D eigenvalue weighted by molar-refractivity contribution is 0.242. The molecule has 3 nitrogen and oxygen atoms in total. The zero-order valence-electron chi connectivity index (χ0n) is 13.3. The van der Waals surface area contributed by atoms with Gasteiger partial charge in [-0.3, -0.25) is 4.98 Å². The minimum absolute atomic E-state index is 0.114. The summed E-state index contributed by atoms with van der Waals surface area (Å²) >= 11 is 0. The summed E-state index contributed by atoms with van der Waals surface area (Å²) in [4.78, 5) is 4.51. The van der Waals surface area contributed by atoms with Gasteiger partial charge in [-0.2, -0.15) is 0 Å². The molecule has 1 atom stereocenters. The third-order valence-corrected chi connectivity index (χ3v) is 3.23. The van der Waals surface area contributed by atoms with E-state index >= 15 is 0 Å².